The van der Waals surface area contributed by atoms with Gasteiger partial charge >= 0.3 is 0 Å². The van der Waals surface area contributed by atoms with Gasteiger partial charge in [0.2, 0.25) is 0 Å². The van der Waals surface area contributed by atoms with E-state index in [1.165, 1.54) is 0 Å². The zero-order valence-electron chi connectivity index (χ0n) is 10.9. The summed E-state index contributed by atoms with van der Waals surface area (Å²) < 4.78 is 0. The van der Waals surface area contributed by atoms with E-state index < -0.39 is 5.41 Å². The second kappa shape index (κ2) is 5.33. The van der Waals surface area contributed by atoms with Crippen LogP contribution in [0.1, 0.15) is 44.9 Å². The Kier molecular flexibility index (Phi) is 3.94. The van der Waals surface area contributed by atoms with E-state index in [-0.39, 0.29) is 61.2 Å². The Morgan fingerprint density at radius 1 is 0.947 bits per heavy atom. The summed E-state index contributed by atoms with van der Waals surface area (Å²) >= 11 is 0. The van der Waals surface area contributed by atoms with Crippen LogP contribution in [0, 0.1) is 11.3 Å². The fourth-order valence-corrected chi connectivity index (χ4v) is 3.59. The summed E-state index contributed by atoms with van der Waals surface area (Å²) in [7, 11) is 0. The maximum absolute atomic E-state index is 12.1. The maximum atomic E-state index is 12.1. The first kappa shape index (κ1) is 14.1. The molecular formula is C14H19NO4. The molecule has 5 heteroatoms. The van der Waals surface area contributed by atoms with Crippen molar-refractivity contribution in [2.75, 3.05) is 6.54 Å². The lowest BCUT2D eigenvalue weighted by atomic mass is 9.57. The zero-order chi connectivity index (χ0) is 14.0. The third-order valence-electron chi connectivity index (χ3n) is 4.24. The fraction of sp³-hybridized carbons (Fsp3) is 0.714. The van der Waals surface area contributed by atoms with E-state index in [0.29, 0.717) is 19.4 Å². The quantitative estimate of drug-likeness (QED) is 0.753. The molecule has 5 nitrogen and oxygen atoms in total. The Bertz CT molecular complexity index is 408. The summed E-state index contributed by atoms with van der Waals surface area (Å²) in [4.78, 5) is 47.2. The molecule has 0 amide bonds. The monoisotopic (exact) mass is 265 g/mol. The highest BCUT2D eigenvalue weighted by molar-refractivity contribution is 6.08. The number of carbonyl (C=O) groups excluding carboxylic acids is 4. The van der Waals surface area contributed by atoms with Crippen molar-refractivity contribution < 1.29 is 19.2 Å². The van der Waals surface area contributed by atoms with Gasteiger partial charge in [0, 0.05) is 30.6 Å². The average molecular weight is 265 g/mol. The molecule has 19 heavy (non-hydrogen) atoms. The SMILES string of the molecule is NCCCC1C(=O)CC(=O)CC12CC(=O)CC(=O)C2. The molecule has 0 aliphatic heterocycles. The molecule has 0 bridgehead atoms. The molecule has 2 aliphatic carbocycles. The van der Waals surface area contributed by atoms with Crippen LogP contribution >= 0.6 is 0 Å². The molecule has 1 unspecified atom stereocenters. The van der Waals surface area contributed by atoms with Crippen LogP contribution in [-0.2, 0) is 19.2 Å². The van der Waals surface area contributed by atoms with Crippen molar-refractivity contribution in [2.24, 2.45) is 17.1 Å². The molecule has 2 rings (SSSR count). The van der Waals surface area contributed by atoms with Crippen molar-refractivity contribution in [3.05, 3.63) is 0 Å². The fourth-order valence-electron chi connectivity index (χ4n) is 3.59. The number of hydrogen-bond donors (Lipinski definition) is 1. The van der Waals surface area contributed by atoms with Crippen LogP contribution in [0.3, 0.4) is 0 Å². The van der Waals surface area contributed by atoms with Gasteiger partial charge in [-0.1, -0.05) is 0 Å². The van der Waals surface area contributed by atoms with E-state index in [9.17, 15) is 19.2 Å². The van der Waals surface area contributed by atoms with E-state index in [4.69, 9.17) is 5.73 Å². The lowest BCUT2D eigenvalue weighted by molar-refractivity contribution is -0.147. The molecule has 0 saturated heterocycles. The van der Waals surface area contributed by atoms with Crippen molar-refractivity contribution >= 4 is 23.1 Å². The Hall–Kier alpha value is -1.36. The van der Waals surface area contributed by atoms with E-state index in [0.717, 1.165) is 0 Å². The molecule has 0 aromatic heterocycles. The topological polar surface area (TPSA) is 94.3 Å². The second-order valence-corrected chi connectivity index (χ2v) is 5.81. The van der Waals surface area contributed by atoms with Gasteiger partial charge in [-0.2, -0.15) is 0 Å². The van der Waals surface area contributed by atoms with Crippen LogP contribution in [0.5, 0.6) is 0 Å². The molecule has 1 atom stereocenters. The van der Waals surface area contributed by atoms with Crippen molar-refractivity contribution in [1.82, 2.24) is 0 Å². The van der Waals surface area contributed by atoms with Gasteiger partial charge < -0.3 is 5.73 Å². The van der Waals surface area contributed by atoms with Crippen molar-refractivity contribution in [3.63, 3.8) is 0 Å². The third-order valence-corrected chi connectivity index (χ3v) is 4.24. The van der Waals surface area contributed by atoms with Crippen molar-refractivity contribution in [3.8, 4) is 0 Å². The molecule has 0 aromatic carbocycles. The lowest BCUT2D eigenvalue weighted by Gasteiger charge is -2.44. The second-order valence-electron chi connectivity index (χ2n) is 5.81. The van der Waals surface area contributed by atoms with Crippen LogP contribution in [-0.4, -0.2) is 29.7 Å². The Morgan fingerprint density at radius 3 is 2.00 bits per heavy atom. The molecular weight excluding hydrogens is 246 g/mol. The van der Waals surface area contributed by atoms with Crippen LogP contribution in [0.25, 0.3) is 0 Å². The van der Waals surface area contributed by atoms with Gasteiger partial charge in [0.1, 0.15) is 23.1 Å². The smallest absolute Gasteiger partial charge is 0.143 e. The van der Waals surface area contributed by atoms with Crippen LogP contribution in [0.4, 0.5) is 0 Å². The Labute approximate surface area is 111 Å². The van der Waals surface area contributed by atoms with Crippen molar-refractivity contribution in [1.29, 1.82) is 0 Å². The minimum atomic E-state index is -0.742. The first-order valence-corrected chi connectivity index (χ1v) is 6.75. The number of rotatable bonds is 3. The Morgan fingerprint density at radius 2 is 1.47 bits per heavy atom. The standard InChI is InChI=1S/C14H19NO4/c15-3-1-2-12-13(19)5-11(18)8-14(12)6-9(16)4-10(17)7-14/h12H,1-8,15H2. The summed E-state index contributed by atoms with van der Waals surface area (Å²) in [5, 5.41) is 0. The number of hydrogen-bond acceptors (Lipinski definition) is 5. The van der Waals surface area contributed by atoms with E-state index in [1.807, 2.05) is 0 Å². The highest BCUT2D eigenvalue weighted by Crippen LogP contribution is 2.48. The molecule has 2 N–H and O–H groups in total. The normalized spacial score (nSPS) is 27.1. The maximum Gasteiger partial charge on any atom is 0.143 e. The van der Waals surface area contributed by atoms with E-state index >= 15 is 0 Å². The summed E-state index contributed by atoms with van der Waals surface area (Å²) in [6.07, 6.45) is 1.70. The molecule has 2 fully saturated rings. The highest BCUT2D eigenvalue weighted by atomic mass is 16.2. The van der Waals surface area contributed by atoms with E-state index in [2.05, 4.69) is 0 Å². The lowest BCUT2D eigenvalue weighted by Crippen LogP contribution is -2.48. The van der Waals surface area contributed by atoms with Gasteiger partial charge in [-0.15, -0.1) is 0 Å². The van der Waals surface area contributed by atoms with Gasteiger partial charge in [0.25, 0.3) is 0 Å². The minimum Gasteiger partial charge on any atom is -0.330 e. The van der Waals surface area contributed by atoms with Crippen molar-refractivity contribution in [2.45, 2.75) is 44.9 Å². The molecule has 1 spiro atoms. The third kappa shape index (κ3) is 2.81. The zero-order valence-corrected chi connectivity index (χ0v) is 10.9. The molecule has 104 valence electrons. The van der Waals surface area contributed by atoms with Crippen LogP contribution in [0.15, 0.2) is 0 Å². The molecule has 0 aromatic rings. The molecule has 2 saturated carbocycles. The van der Waals surface area contributed by atoms with E-state index in [1.54, 1.807) is 0 Å². The molecule has 2 aliphatic rings. The van der Waals surface area contributed by atoms with Gasteiger partial charge in [0.15, 0.2) is 0 Å². The van der Waals surface area contributed by atoms with Crippen LogP contribution < -0.4 is 5.73 Å². The highest BCUT2D eigenvalue weighted by Gasteiger charge is 2.51. The predicted octanol–water partition coefficient (Wildman–Crippen LogP) is 0.582. The number of ketones is 4. The first-order chi connectivity index (χ1) is 8.97. The summed E-state index contributed by atoms with van der Waals surface area (Å²) in [5.41, 5.74) is 4.74. The average Bonchev–Trinajstić information content (AvgIpc) is 2.25. The van der Waals surface area contributed by atoms with Gasteiger partial charge in [-0.25, -0.2) is 0 Å². The van der Waals surface area contributed by atoms with Gasteiger partial charge in [-0.3, -0.25) is 19.2 Å². The Balaban J connectivity index is 2.29. The van der Waals surface area contributed by atoms with Gasteiger partial charge in [0.05, 0.1) is 12.8 Å². The first-order valence-electron chi connectivity index (χ1n) is 6.75. The summed E-state index contributed by atoms with van der Waals surface area (Å²) in [6.45, 7) is 0.468. The van der Waals surface area contributed by atoms with Gasteiger partial charge in [-0.05, 0) is 19.4 Å². The number of nitrogens with two attached hydrogens (primary N) is 1. The molecule has 0 heterocycles. The number of carbonyl (C=O) groups is 4. The summed E-state index contributed by atoms with van der Waals surface area (Å²) in [6, 6.07) is 0. The largest absolute Gasteiger partial charge is 0.330 e. The summed E-state index contributed by atoms with van der Waals surface area (Å²) in [5.74, 6) is -0.904. The van der Waals surface area contributed by atoms with Crippen LogP contribution in [0.2, 0.25) is 0 Å². The predicted molar refractivity (Wildman–Crippen MR) is 67.3 cm³/mol. The molecule has 0 radical (unpaired) electrons. The minimum absolute atomic E-state index is 0.0479. The number of Topliss-reactive ketones (excluding diaryl/α,β-unsaturated/α-hetero) is 4.